The molecular formula is C26H30N4O4. The predicted molar refractivity (Wildman–Crippen MR) is 133 cm³/mol. The Hall–Kier alpha value is -3.49. The van der Waals surface area contributed by atoms with Crippen molar-refractivity contribution in [1.29, 1.82) is 0 Å². The van der Waals surface area contributed by atoms with Crippen LogP contribution in [0.5, 0.6) is 0 Å². The van der Waals surface area contributed by atoms with Gasteiger partial charge in [-0.15, -0.1) is 0 Å². The molecule has 1 atom stereocenters. The van der Waals surface area contributed by atoms with Crippen LogP contribution in [-0.4, -0.2) is 35.7 Å². The first-order valence-corrected chi connectivity index (χ1v) is 11.4. The van der Waals surface area contributed by atoms with E-state index in [0.717, 1.165) is 26.5 Å². The van der Waals surface area contributed by atoms with E-state index in [0.29, 0.717) is 31.5 Å². The second kappa shape index (κ2) is 9.79. The van der Waals surface area contributed by atoms with E-state index in [1.807, 2.05) is 42.5 Å². The van der Waals surface area contributed by atoms with Crippen LogP contribution < -0.4 is 11.2 Å². The summed E-state index contributed by atoms with van der Waals surface area (Å²) in [5.74, 6) is 0. The van der Waals surface area contributed by atoms with Gasteiger partial charge in [-0.25, -0.2) is 4.79 Å². The van der Waals surface area contributed by atoms with Gasteiger partial charge in [-0.2, -0.15) is 5.10 Å². The van der Waals surface area contributed by atoms with E-state index in [4.69, 9.17) is 10.2 Å². The zero-order valence-electron chi connectivity index (χ0n) is 19.6. The highest BCUT2D eigenvalue weighted by Crippen LogP contribution is 2.28. The summed E-state index contributed by atoms with van der Waals surface area (Å²) in [4.78, 5) is 26.2. The average molecular weight is 463 g/mol. The maximum absolute atomic E-state index is 13.2. The Labute approximate surface area is 197 Å². The number of rotatable bonds is 9. The Morgan fingerprint density at radius 2 is 1.85 bits per heavy atom. The highest BCUT2D eigenvalue weighted by Gasteiger charge is 2.25. The number of nitrogens with zero attached hydrogens (tertiary/aromatic N) is 4. The summed E-state index contributed by atoms with van der Waals surface area (Å²) < 4.78 is 4.13. The van der Waals surface area contributed by atoms with Crippen molar-refractivity contribution in [3.05, 3.63) is 86.7 Å². The van der Waals surface area contributed by atoms with Gasteiger partial charge in [0.2, 0.25) is 0 Å². The number of hydrogen-bond acceptors (Lipinski definition) is 5. The van der Waals surface area contributed by atoms with E-state index in [9.17, 15) is 14.7 Å². The van der Waals surface area contributed by atoms with E-state index < -0.39 is 17.4 Å². The number of fused-ring (bicyclic) bond motifs is 2. The Balaban J connectivity index is 1.96. The van der Waals surface area contributed by atoms with Crippen LogP contribution in [0.1, 0.15) is 43.5 Å². The van der Waals surface area contributed by atoms with Crippen molar-refractivity contribution in [3.63, 3.8) is 0 Å². The Bertz CT molecular complexity index is 1470. The lowest BCUT2D eigenvalue weighted by Crippen LogP contribution is -2.38. The first kappa shape index (κ1) is 23.7. The van der Waals surface area contributed by atoms with Gasteiger partial charge in [0.1, 0.15) is 5.39 Å². The average Bonchev–Trinajstić information content (AvgIpc) is 3.20. The van der Waals surface area contributed by atoms with Crippen molar-refractivity contribution in [1.82, 2.24) is 18.9 Å². The molecule has 2 aromatic heterocycles. The predicted octanol–water partition coefficient (Wildman–Crippen LogP) is 2.87. The van der Waals surface area contributed by atoms with Crippen molar-refractivity contribution in [3.8, 4) is 0 Å². The van der Waals surface area contributed by atoms with E-state index in [1.165, 1.54) is 11.6 Å². The minimum atomic E-state index is -0.977. The Morgan fingerprint density at radius 3 is 2.59 bits per heavy atom. The Kier molecular flexibility index (Phi) is 6.81. The molecule has 0 radical (unpaired) electrons. The van der Waals surface area contributed by atoms with E-state index >= 15 is 0 Å². The molecule has 2 heterocycles. The van der Waals surface area contributed by atoms with Gasteiger partial charge in [0.25, 0.3) is 5.56 Å². The summed E-state index contributed by atoms with van der Waals surface area (Å²) >= 11 is 0. The second-order valence-electron chi connectivity index (χ2n) is 8.80. The molecule has 0 aliphatic carbocycles. The van der Waals surface area contributed by atoms with Gasteiger partial charge in [0.05, 0.1) is 18.3 Å². The molecular weight excluding hydrogens is 432 g/mol. The number of unbranched alkanes of at least 4 members (excludes halogenated alkanes) is 1. The molecule has 1 unspecified atom stereocenters. The van der Waals surface area contributed by atoms with Crippen molar-refractivity contribution < 1.29 is 10.2 Å². The molecule has 34 heavy (non-hydrogen) atoms. The molecule has 178 valence electrons. The minimum Gasteiger partial charge on any atom is -0.396 e. The monoisotopic (exact) mass is 462 g/mol. The number of aliphatic hydroxyl groups is 2. The van der Waals surface area contributed by atoms with Crippen molar-refractivity contribution in [2.45, 2.75) is 45.4 Å². The number of allylic oxidation sites excluding steroid dienone is 1. The smallest absolute Gasteiger partial charge is 0.332 e. The molecule has 2 aromatic carbocycles. The van der Waals surface area contributed by atoms with Gasteiger partial charge in [0, 0.05) is 20.2 Å². The highest BCUT2D eigenvalue weighted by molar-refractivity contribution is 5.85. The van der Waals surface area contributed by atoms with Gasteiger partial charge >= 0.3 is 5.69 Å². The maximum atomic E-state index is 13.2. The molecule has 0 spiro atoms. The van der Waals surface area contributed by atoms with Crippen LogP contribution in [0.25, 0.3) is 21.8 Å². The quantitative estimate of drug-likeness (QED) is 0.294. The third-order valence-corrected chi connectivity index (χ3v) is 6.09. The molecule has 0 saturated heterocycles. The van der Waals surface area contributed by atoms with Gasteiger partial charge in [-0.3, -0.25) is 18.6 Å². The van der Waals surface area contributed by atoms with E-state index in [-0.39, 0.29) is 24.2 Å². The molecule has 0 saturated carbocycles. The van der Waals surface area contributed by atoms with E-state index in [1.54, 1.807) is 11.6 Å². The lowest BCUT2D eigenvalue weighted by atomic mass is 10.0. The molecule has 0 bridgehead atoms. The fourth-order valence-corrected chi connectivity index (χ4v) is 4.43. The molecule has 8 nitrogen and oxygen atoms in total. The highest BCUT2D eigenvalue weighted by atomic mass is 16.3. The molecule has 4 rings (SSSR count). The zero-order chi connectivity index (χ0) is 24.4. The maximum Gasteiger partial charge on any atom is 0.332 e. The largest absolute Gasteiger partial charge is 0.396 e. The van der Waals surface area contributed by atoms with Gasteiger partial charge in [-0.05, 0) is 42.5 Å². The molecule has 8 heteroatoms. The molecule has 0 amide bonds. The second-order valence-corrected chi connectivity index (χ2v) is 8.80. The summed E-state index contributed by atoms with van der Waals surface area (Å²) in [7, 11) is 1.43. The van der Waals surface area contributed by atoms with Crippen LogP contribution in [0.15, 0.2) is 64.2 Å². The summed E-state index contributed by atoms with van der Waals surface area (Å²) in [6, 6.07) is 14.0. The fraction of sp³-hybridized carbons (Fsp3) is 0.346. The van der Waals surface area contributed by atoms with Gasteiger partial charge < -0.3 is 10.2 Å². The van der Waals surface area contributed by atoms with Gasteiger partial charge in [-0.1, -0.05) is 54.6 Å². The number of benzene rings is 2. The third-order valence-electron chi connectivity index (χ3n) is 6.09. The van der Waals surface area contributed by atoms with Crippen LogP contribution in [0.2, 0.25) is 0 Å². The van der Waals surface area contributed by atoms with Crippen LogP contribution in [0.3, 0.4) is 0 Å². The summed E-state index contributed by atoms with van der Waals surface area (Å²) in [6.45, 7) is 6.29. The Morgan fingerprint density at radius 1 is 1.12 bits per heavy atom. The van der Waals surface area contributed by atoms with Crippen LogP contribution in [-0.2, 0) is 20.1 Å². The van der Waals surface area contributed by atoms with Crippen LogP contribution in [0.4, 0.5) is 0 Å². The number of aromatic nitrogens is 4. The topological polar surface area (TPSA) is 102 Å². The van der Waals surface area contributed by atoms with E-state index in [2.05, 4.69) is 6.58 Å². The van der Waals surface area contributed by atoms with Crippen LogP contribution in [0, 0.1) is 0 Å². The summed E-state index contributed by atoms with van der Waals surface area (Å²) in [5.41, 5.74) is 1.40. The molecule has 0 fully saturated rings. The molecule has 2 N–H and O–H groups in total. The summed E-state index contributed by atoms with van der Waals surface area (Å²) in [6.07, 6.45) is 0.518. The first-order chi connectivity index (χ1) is 16.3. The van der Waals surface area contributed by atoms with Crippen molar-refractivity contribution >= 4 is 21.8 Å². The number of hydrogen-bond donors (Lipinski definition) is 2. The minimum absolute atomic E-state index is 0.0304. The van der Waals surface area contributed by atoms with Crippen LogP contribution >= 0.6 is 0 Å². The molecule has 4 aromatic rings. The summed E-state index contributed by atoms with van der Waals surface area (Å²) in [5, 5.41) is 27.4. The first-order valence-electron chi connectivity index (χ1n) is 11.4. The standard InChI is InChI=1S/C26H30N4O4/c1-17(2)15-29-24-22(25(33)28(3)26(29)34)23(21(32)13-6-7-14-31)30(27-24)16-19-11-8-10-18-9-4-5-12-20(18)19/h4-5,8-12,21,31-32H,1,6-7,13-16H2,2-3H3. The molecule has 0 aliphatic rings. The SMILES string of the molecule is C=C(C)Cn1c(=O)n(C)c(=O)c2c(C(O)CCCCO)n(Cc3cccc4ccccc34)nc21. The van der Waals surface area contributed by atoms with Crippen molar-refractivity contribution in [2.24, 2.45) is 7.05 Å². The van der Waals surface area contributed by atoms with Gasteiger partial charge in [0.15, 0.2) is 5.65 Å². The zero-order valence-corrected chi connectivity index (χ0v) is 19.6. The molecule has 0 aliphatic heterocycles. The fourth-order valence-electron chi connectivity index (χ4n) is 4.43. The van der Waals surface area contributed by atoms with Crippen molar-refractivity contribution in [2.75, 3.05) is 6.61 Å². The lowest BCUT2D eigenvalue weighted by molar-refractivity contribution is 0.151. The normalized spacial score (nSPS) is 12.5. The number of aliphatic hydroxyl groups excluding tert-OH is 2. The lowest BCUT2D eigenvalue weighted by Gasteiger charge is -2.15. The third kappa shape index (κ3) is 4.34.